The molecule has 0 aromatic heterocycles. The molecule has 4 saturated carbocycles. The zero-order chi connectivity index (χ0) is 39.0. The number of hydrogen-bond donors (Lipinski definition) is 2. The summed E-state index contributed by atoms with van der Waals surface area (Å²) in [5.74, 6) is 0.160. The summed E-state index contributed by atoms with van der Waals surface area (Å²) in [6, 6.07) is 9.05. The Labute approximate surface area is 318 Å². The van der Waals surface area contributed by atoms with Gasteiger partial charge in [-0.2, -0.15) is 0 Å². The fourth-order valence-corrected chi connectivity index (χ4v) is 12.4. The second kappa shape index (κ2) is 13.3. The molecule has 5 aliphatic carbocycles. The summed E-state index contributed by atoms with van der Waals surface area (Å²) in [7, 11) is 0. The molecule has 0 aliphatic heterocycles. The third-order valence-electron chi connectivity index (χ3n) is 15.8. The molecule has 8 heteroatoms. The molecule has 53 heavy (non-hydrogen) atoms. The molecule has 0 spiro atoms. The SMILES string of the molecule is C[C@H](NC(=O)OC(C)(C)C)C(=O)N[C@H]1CC[C@]2(C)[C@H]3C(=O)C=C4[C@@H]5C[C@@](C)(C(=O)OCc6ccccc6)CC[C@]5(C)CC[C@@]4(C)[C@]3(C)CC[C@H]2C1(C)C. The Bertz CT molecular complexity index is 1660. The summed E-state index contributed by atoms with van der Waals surface area (Å²) >= 11 is 0. The maximum atomic E-state index is 14.9. The fourth-order valence-electron chi connectivity index (χ4n) is 12.4. The number of nitrogens with one attached hydrogen (secondary N) is 2. The predicted octanol–water partition coefficient (Wildman–Crippen LogP) is 9.11. The Balaban J connectivity index is 1.23. The van der Waals surface area contributed by atoms with Crippen molar-refractivity contribution in [3.8, 4) is 0 Å². The van der Waals surface area contributed by atoms with Crippen LogP contribution in [0.15, 0.2) is 42.0 Å². The minimum Gasteiger partial charge on any atom is -0.460 e. The number of ether oxygens (including phenoxy) is 2. The molecule has 8 nitrogen and oxygen atoms in total. The first-order valence-corrected chi connectivity index (χ1v) is 20.3. The second-order valence-electron chi connectivity index (χ2n) is 20.6. The maximum absolute atomic E-state index is 14.9. The lowest BCUT2D eigenvalue weighted by Crippen LogP contribution is -2.68. The van der Waals surface area contributed by atoms with Crippen molar-refractivity contribution < 1.29 is 28.7 Å². The van der Waals surface area contributed by atoms with Crippen LogP contribution in [-0.4, -0.2) is 41.4 Å². The van der Waals surface area contributed by atoms with Crippen molar-refractivity contribution in [3.05, 3.63) is 47.5 Å². The monoisotopic (exact) mass is 730 g/mol. The highest BCUT2D eigenvalue weighted by atomic mass is 16.6. The second-order valence-corrected chi connectivity index (χ2v) is 20.6. The third kappa shape index (κ3) is 6.66. The van der Waals surface area contributed by atoms with Gasteiger partial charge < -0.3 is 20.1 Å². The highest BCUT2D eigenvalue weighted by Crippen LogP contribution is 2.75. The first-order valence-electron chi connectivity index (χ1n) is 20.3. The standard InChI is InChI=1S/C45H66N2O6/c1-28(46-38(51)53-39(2,3)4)36(49)47-34-18-19-43(9)33(40(34,5)6)17-20-45(11)35(43)32(48)25-30-31-26-42(8,22-21-41(31,7)23-24-44(30,45)10)37(50)52-27-29-15-13-12-14-16-29/h12-16,25,28,31,33-35H,17-24,26-27H2,1-11H3,(H,46,51)(H,47,49)/t28-,31-,33-,34-,35+,41+,42-,43-,44+,45+/m0/s1. The molecular formula is C45H66N2O6. The van der Waals surface area contributed by atoms with Gasteiger partial charge in [0.25, 0.3) is 0 Å². The van der Waals surface area contributed by atoms with E-state index in [9.17, 15) is 19.2 Å². The van der Waals surface area contributed by atoms with Crippen LogP contribution in [-0.2, 0) is 30.5 Å². The van der Waals surface area contributed by atoms with Gasteiger partial charge >= 0.3 is 12.1 Å². The van der Waals surface area contributed by atoms with Gasteiger partial charge in [-0.05, 0) is 143 Å². The van der Waals surface area contributed by atoms with E-state index in [-0.39, 0.29) is 75.1 Å². The molecular weight excluding hydrogens is 665 g/mol. The average molecular weight is 731 g/mol. The molecule has 1 aromatic carbocycles. The Morgan fingerprint density at radius 3 is 2.21 bits per heavy atom. The predicted molar refractivity (Wildman–Crippen MR) is 206 cm³/mol. The van der Waals surface area contributed by atoms with Crippen LogP contribution in [0, 0.1) is 50.2 Å². The topological polar surface area (TPSA) is 111 Å². The van der Waals surface area contributed by atoms with E-state index in [4.69, 9.17) is 9.47 Å². The van der Waals surface area contributed by atoms with Gasteiger partial charge in [0.05, 0.1) is 5.41 Å². The average Bonchev–Trinajstić information content (AvgIpc) is 3.06. The van der Waals surface area contributed by atoms with E-state index in [0.29, 0.717) is 6.42 Å². The van der Waals surface area contributed by atoms with Gasteiger partial charge in [0.15, 0.2) is 5.78 Å². The van der Waals surface area contributed by atoms with Crippen LogP contribution in [0.1, 0.15) is 140 Å². The van der Waals surface area contributed by atoms with Gasteiger partial charge in [0, 0.05) is 12.0 Å². The molecule has 5 aliphatic rings. The summed E-state index contributed by atoms with van der Waals surface area (Å²) in [5, 5.41) is 5.99. The highest BCUT2D eigenvalue weighted by molar-refractivity contribution is 5.96. The minimum atomic E-state index is -0.739. The molecule has 0 saturated heterocycles. The van der Waals surface area contributed by atoms with Crippen LogP contribution < -0.4 is 10.6 Å². The summed E-state index contributed by atoms with van der Waals surface area (Å²) in [6.45, 7) is 23.6. The van der Waals surface area contributed by atoms with Gasteiger partial charge in [-0.1, -0.05) is 77.4 Å². The van der Waals surface area contributed by atoms with E-state index in [0.717, 1.165) is 56.9 Å². The van der Waals surface area contributed by atoms with Crippen molar-refractivity contribution in [2.45, 2.75) is 158 Å². The molecule has 0 unspecified atom stereocenters. The molecule has 10 atom stereocenters. The van der Waals surface area contributed by atoms with E-state index < -0.39 is 23.2 Å². The number of hydrogen-bond acceptors (Lipinski definition) is 6. The number of ketones is 1. The maximum Gasteiger partial charge on any atom is 0.408 e. The third-order valence-corrected chi connectivity index (χ3v) is 15.8. The van der Waals surface area contributed by atoms with Crippen molar-refractivity contribution in [2.75, 3.05) is 0 Å². The summed E-state index contributed by atoms with van der Waals surface area (Å²) in [5.41, 5.74) is 0.182. The Kier molecular flexibility index (Phi) is 9.88. The number of fused-ring (bicyclic) bond motifs is 7. The van der Waals surface area contributed by atoms with Crippen molar-refractivity contribution in [3.63, 3.8) is 0 Å². The Hall–Kier alpha value is -3.16. The number of esters is 1. The van der Waals surface area contributed by atoms with Crippen LogP contribution in [0.5, 0.6) is 0 Å². The molecule has 0 radical (unpaired) electrons. The Morgan fingerprint density at radius 1 is 0.887 bits per heavy atom. The molecule has 2 amide bonds. The largest absolute Gasteiger partial charge is 0.460 e. The Morgan fingerprint density at radius 2 is 1.55 bits per heavy atom. The van der Waals surface area contributed by atoms with Crippen LogP contribution in [0.2, 0.25) is 0 Å². The number of alkyl carbamates (subject to hydrolysis) is 1. The minimum absolute atomic E-state index is 0.0445. The van der Waals surface area contributed by atoms with Crippen LogP contribution in [0.25, 0.3) is 0 Å². The van der Waals surface area contributed by atoms with E-state index in [1.54, 1.807) is 27.7 Å². The van der Waals surface area contributed by atoms with E-state index in [2.05, 4.69) is 65.2 Å². The van der Waals surface area contributed by atoms with Gasteiger partial charge in [-0.15, -0.1) is 0 Å². The van der Waals surface area contributed by atoms with E-state index >= 15 is 0 Å². The van der Waals surface area contributed by atoms with Gasteiger partial charge in [-0.3, -0.25) is 14.4 Å². The van der Waals surface area contributed by atoms with Gasteiger partial charge in [0.1, 0.15) is 18.2 Å². The van der Waals surface area contributed by atoms with E-state index in [1.807, 2.05) is 30.3 Å². The number of allylic oxidation sites excluding steroid dienone is 2. The van der Waals surface area contributed by atoms with Crippen molar-refractivity contribution in [1.82, 2.24) is 10.6 Å². The van der Waals surface area contributed by atoms with Crippen molar-refractivity contribution >= 4 is 23.8 Å². The lowest BCUT2D eigenvalue weighted by molar-refractivity contribution is -0.190. The highest BCUT2D eigenvalue weighted by Gasteiger charge is 2.70. The number of carbonyl (C=O) groups is 4. The fraction of sp³-hybridized carbons (Fsp3) is 0.733. The first kappa shape index (κ1) is 39.5. The van der Waals surface area contributed by atoms with Crippen molar-refractivity contribution in [2.24, 2.45) is 50.2 Å². The van der Waals surface area contributed by atoms with Crippen LogP contribution in [0.3, 0.4) is 0 Å². The molecule has 2 N–H and O–H groups in total. The smallest absolute Gasteiger partial charge is 0.408 e. The number of amides is 2. The van der Waals surface area contributed by atoms with Gasteiger partial charge in [-0.25, -0.2) is 4.79 Å². The molecule has 292 valence electrons. The molecule has 1 aromatic rings. The quantitative estimate of drug-likeness (QED) is 0.283. The molecule has 4 fully saturated rings. The number of rotatable bonds is 6. The number of benzene rings is 1. The first-order chi connectivity index (χ1) is 24.5. The van der Waals surface area contributed by atoms with Gasteiger partial charge in [0.2, 0.25) is 5.91 Å². The molecule has 6 rings (SSSR count). The van der Waals surface area contributed by atoms with Crippen LogP contribution in [0.4, 0.5) is 4.79 Å². The van der Waals surface area contributed by atoms with Crippen LogP contribution >= 0.6 is 0 Å². The normalized spacial score (nSPS) is 39.5. The summed E-state index contributed by atoms with van der Waals surface area (Å²) < 4.78 is 11.3. The molecule has 0 heterocycles. The van der Waals surface area contributed by atoms with E-state index in [1.165, 1.54) is 5.57 Å². The molecule has 0 bridgehead atoms. The number of carbonyl (C=O) groups excluding carboxylic acids is 4. The lowest BCUT2D eigenvalue weighted by atomic mass is 9.33. The zero-order valence-corrected chi connectivity index (χ0v) is 34.4. The zero-order valence-electron chi connectivity index (χ0n) is 34.4. The lowest BCUT2D eigenvalue weighted by Gasteiger charge is -2.70. The summed E-state index contributed by atoms with van der Waals surface area (Å²) in [6.07, 6.45) is 9.59. The summed E-state index contributed by atoms with van der Waals surface area (Å²) in [4.78, 5) is 54.5. The van der Waals surface area contributed by atoms with Crippen molar-refractivity contribution in [1.29, 1.82) is 0 Å².